The molecule has 4 amide bonds. The molecular weight excluding hydrogens is 494 g/mol. The van der Waals surface area contributed by atoms with Gasteiger partial charge in [-0.2, -0.15) is 0 Å². The quantitative estimate of drug-likeness (QED) is 0.318. The summed E-state index contributed by atoms with van der Waals surface area (Å²) in [5.74, 6) is 0.557. The van der Waals surface area contributed by atoms with E-state index >= 15 is 0 Å². The van der Waals surface area contributed by atoms with Crippen molar-refractivity contribution >= 4 is 17.8 Å². The van der Waals surface area contributed by atoms with Gasteiger partial charge in [-0.1, -0.05) is 0 Å². The second-order valence-electron chi connectivity index (χ2n) is 8.16. The van der Waals surface area contributed by atoms with Gasteiger partial charge in [0.05, 0.1) is 18.4 Å². The lowest BCUT2D eigenvalue weighted by Crippen LogP contribution is -2.69. The Balaban J connectivity index is 1.26. The molecule has 12 nitrogen and oxygen atoms in total. The maximum absolute atomic E-state index is 12.5. The zero-order valence-electron chi connectivity index (χ0n) is 20.0. The molecule has 12 heteroatoms. The van der Waals surface area contributed by atoms with Gasteiger partial charge < -0.3 is 18.6 Å². The summed E-state index contributed by atoms with van der Waals surface area (Å²) in [4.78, 5) is 48.9. The normalized spacial score (nSPS) is 14.5. The number of aromatic nitrogens is 3. The molecule has 1 aliphatic heterocycles. The number of oxazole rings is 1. The van der Waals surface area contributed by atoms with Crippen LogP contribution in [-0.2, 0) is 14.3 Å². The Labute approximate surface area is 216 Å². The minimum atomic E-state index is -1.95. The molecule has 0 atom stereocenters. The lowest BCUT2D eigenvalue weighted by molar-refractivity contribution is -0.153. The minimum Gasteiger partial charge on any atom is -0.467 e. The van der Waals surface area contributed by atoms with E-state index in [1.165, 1.54) is 13.4 Å². The number of urea groups is 1. The molecule has 2 aromatic carbocycles. The van der Waals surface area contributed by atoms with Crippen LogP contribution in [0.2, 0.25) is 0 Å². The van der Waals surface area contributed by atoms with Crippen LogP contribution in [0.1, 0.15) is 6.42 Å². The number of nitrogens with one attached hydrogen (secondary N) is 2. The van der Waals surface area contributed by atoms with Crippen LogP contribution in [0.5, 0.6) is 17.2 Å². The highest BCUT2D eigenvalue weighted by atomic mass is 16.5. The highest BCUT2D eigenvalue weighted by Crippen LogP contribution is 2.30. The maximum atomic E-state index is 12.5. The number of nitrogens with zero attached hydrogens (tertiary/aromatic N) is 3. The van der Waals surface area contributed by atoms with Crippen LogP contribution in [0.3, 0.4) is 0 Å². The van der Waals surface area contributed by atoms with Crippen molar-refractivity contribution in [2.75, 3.05) is 13.7 Å². The van der Waals surface area contributed by atoms with E-state index in [-0.39, 0.29) is 18.8 Å². The molecule has 38 heavy (non-hydrogen) atoms. The third kappa shape index (κ3) is 5.06. The zero-order chi connectivity index (χ0) is 26.5. The first kappa shape index (κ1) is 24.6. The van der Waals surface area contributed by atoms with Crippen molar-refractivity contribution in [3.05, 3.63) is 73.4 Å². The first-order valence-corrected chi connectivity index (χ1v) is 11.4. The Kier molecular flexibility index (Phi) is 6.78. The Morgan fingerprint density at radius 1 is 0.816 bits per heavy atom. The molecule has 1 saturated heterocycles. The van der Waals surface area contributed by atoms with E-state index in [9.17, 15) is 14.4 Å². The number of imide groups is 2. The van der Waals surface area contributed by atoms with Gasteiger partial charge in [0.1, 0.15) is 23.6 Å². The van der Waals surface area contributed by atoms with E-state index < -0.39 is 23.4 Å². The van der Waals surface area contributed by atoms with Crippen LogP contribution >= 0.6 is 0 Å². The Hall–Kier alpha value is -5.10. The predicted octanol–water partition coefficient (Wildman–Crippen LogP) is 3.11. The molecule has 3 heterocycles. The summed E-state index contributed by atoms with van der Waals surface area (Å²) in [6.07, 6.45) is 6.24. The molecule has 5 rings (SSSR count). The van der Waals surface area contributed by atoms with E-state index in [1.54, 1.807) is 55.0 Å². The van der Waals surface area contributed by atoms with Crippen molar-refractivity contribution < 1.29 is 33.0 Å². The number of methoxy groups -OCH3 is 1. The fourth-order valence-corrected chi connectivity index (χ4v) is 3.71. The van der Waals surface area contributed by atoms with Gasteiger partial charge in [0, 0.05) is 31.5 Å². The van der Waals surface area contributed by atoms with Crippen molar-refractivity contribution in [2.45, 2.75) is 12.0 Å². The van der Waals surface area contributed by atoms with E-state index in [0.717, 1.165) is 11.1 Å². The summed E-state index contributed by atoms with van der Waals surface area (Å²) in [5.41, 5.74) is -0.468. The first-order chi connectivity index (χ1) is 18.5. The van der Waals surface area contributed by atoms with E-state index in [1.807, 2.05) is 12.1 Å². The molecule has 0 saturated carbocycles. The molecule has 4 aromatic rings. The van der Waals surface area contributed by atoms with Crippen molar-refractivity contribution in [1.82, 2.24) is 25.6 Å². The lowest BCUT2D eigenvalue weighted by atomic mass is 9.95. The number of carbonyl (C=O) groups is 3. The molecular formula is C26H21N5O7. The highest BCUT2D eigenvalue weighted by Gasteiger charge is 2.52. The average molecular weight is 515 g/mol. The topological polar surface area (TPSA) is 155 Å². The smallest absolute Gasteiger partial charge is 0.328 e. The Morgan fingerprint density at radius 2 is 1.42 bits per heavy atom. The van der Waals surface area contributed by atoms with E-state index in [2.05, 4.69) is 25.6 Å². The number of amides is 4. The van der Waals surface area contributed by atoms with Crippen molar-refractivity contribution in [3.8, 4) is 40.0 Å². The maximum Gasteiger partial charge on any atom is 0.328 e. The highest BCUT2D eigenvalue weighted by molar-refractivity contribution is 6.21. The standard InChI is InChI=1S/C26H21N5O7/c1-35-11-10-26(23(32)30-25(34)31-24(26)33)38-20-8-6-19(7-9-20)36-18-4-2-16(3-5-18)22-29-14-21(37-22)17-12-27-15-28-13-17/h2-9,12-15H,10-11H2,1H3,(H2,30,31,32,33,34). The largest absolute Gasteiger partial charge is 0.467 e. The van der Waals surface area contributed by atoms with Gasteiger partial charge in [-0.05, 0) is 48.5 Å². The van der Waals surface area contributed by atoms with Gasteiger partial charge in [-0.15, -0.1) is 0 Å². The van der Waals surface area contributed by atoms with Gasteiger partial charge in [0.15, 0.2) is 5.76 Å². The second kappa shape index (κ2) is 10.5. The molecule has 0 aliphatic carbocycles. The number of benzene rings is 2. The Morgan fingerprint density at radius 3 is 2.05 bits per heavy atom. The molecule has 2 aromatic heterocycles. The SMILES string of the molecule is COCCC1(Oc2ccc(Oc3ccc(-c4ncc(-c5cncnc5)o4)cc3)cc2)C(=O)NC(=O)NC1=O. The number of barbiturate groups is 1. The molecule has 0 unspecified atom stereocenters. The molecule has 2 N–H and O–H groups in total. The lowest BCUT2D eigenvalue weighted by Gasteiger charge is -2.34. The second-order valence-corrected chi connectivity index (χ2v) is 8.16. The van der Waals surface area contributed by atoms with Crippen LogP contribution in [-0.4, -0.2) is 52.1 Å². The molecule has 0 spiro atoms. The average Bonchev–Trinajstić information content (AvgIpc) is 3.42. The monoisotopic (exact) mass is 515 g/mol. The van der Waals surface area contributed by atoms with Gasteiger partial charge in [-0.25, -0.2) is 19.7 Å². The molecule has 0 radical (unpaired) electrons. The van der Waals surface area contributed by atoms with Gasteiger partial charge in [0.25, 0.3) is 17.4 Å². The van der Waals surface area contributed by atoms with Crippen LogP contribution in [0, 0.1) is 0 Å². The number of ether oxygens (including phenoxy) is 3. The van der Waals surface area contributed by atoms with Crippen LogP contribution < -0.4 is 20.1 Å². The van der Waals surface area contributed by atoms with E-state index in [4.69, 9.17) is 18.6 Å². The minimum absolute atomic E-state index is 0.0573. The first-order valence-electron chi connectivity index (χ1n) is 11.4. The van der Waals surface area contributed by atoms with Crippen molar-refractivity contribution in [3.63, 3.8) is 0 Å². The van der Waals surface area contributed by atoms with Crippen molar-refractivity contribution in [1.29, 1.82) is 0 Å². The van der Waals surface area contributed by atoms with Crippen LogP contribution in [0.15, 0.2) is 77.9 Å². The van der Waals surface area contributed by atoms with Crippen LogP contribution in [0.4, 0.5) is 4.79 Å². The van der Waals surface area contributed by atoms with Crippen molar-refractivity contribution in [2.24, 2.45) is 0 Å². The predicted molar refractivity (Wildman–Crippen MR) is 131 cm³/mol. The van der Waals surface area contributed by atoms with Gasteiger partial charge >= 0.3 is 6.03 Å². The summed E-state index contributed by atoms with van der Waals surface area (Å²) in [6.45, 7) is 0.0573. The summed E-state index contributed by atoms with van der Waals surface area (Å²) in [5, 5.41) is 4.14. The van der Waals surface area contributed by atoms with Gasteiger partial charge in [0.2, 0.25) is 5.89 Å². The molecule has 192 valence electrons. The summed E-state index contributed by atoms with van der Waals surface area (Å²) >= 11 is 0. The third-order valence-corrected chi connectivity index (χ3v) is 5.65. The molecule has 1 fully saturated rings. The van der Waals surface area contributed by atoms with E-state index in [0.29, 0.717) is 23.1 Å². The fourth-order valence-electron chi connectivity index (χ4n) is 3.71. The van der Waals surface area contributed by atoms with Gasteiger partial charge in [-0.3, -0.25) is 20.2 Å². The third-order valence-electron chi connectivity index (χ3n) is 5.65. The summed E-state index contributed by atoms with van der Waals surface area (Å²) in [7, 11) is 1.43. The summed E-state index contributed by atoms with van der Waals surface area (Å²) < 4.78 is 22.5. The molecule has 0 bridgehead atoms. The zero-order valence-corrected chi connectivity index (χ0v) is 20.0. The number of rotatable bonds is 9. The number of hydrogen-bond donors (Lipinski definition) is 2. The Bertz CT molecular complexity index is 1430. The summed E-state index contributed by atoms with van der Waals surface area (Å²) in [6, 6.07) is 12.6. The van der Waals surface area contributed by atoms with Crippen LogP contribution in [0.25, 0.3) is 22.8 Å². The number of carbonyl (C=O) groups excluding carboxylic acids is 3. The fraction of sp³-hybridized carbons (Fsp3) is 0.154. The molecule has 1 aliphatic rings. The number of hydrogen-bond acceptors (Lipinski definition) is 10.